The van der Waals surface area contributed by atoms with Gasteiger partial charge in [-0.05, 0) is 51.4 Å². The number of likely N-dealkylation sites (tertiary alicyclic amines) is 2. The van der Waals surface area contributed by atoms with E-state index in [0.717, 1.165) is 51.6 Å². The van der Waals surface area contributed by atoms with Gasteiger partial charge in [-0.3, -0.25) is 9.59 Å². The largest absolute Gasteiger partial charge is 0.339 e. The minimum absolute atomic E-state index is 0.0481. The summed E-state index contributed by atoms with van der Waals surface area (Å²) in [7, 11) is 0. The average Bonchev–Trinajstić information content (AvgIpc) is 2.54. The third-order valence-electron chi connectivity index (χ3n) is 5.14. The van der Waals surface area contributed by atoms with Crippen LogP contribution in [-0.2, 0) is 9.59 Å². The lowest BCUT2D eigenvalue weighted by atomic mass is 9.98. The van der Waals surface area contributed by atoms with E-state index in [-0.39, 0.29) is 18.2 Å². The van der Waals surface area contributed by atoms with Gasteiger partial charge in [-0.25, -0.2) is 0 Å². The summed E-state index contributed by atoms with van der Waals surface area (Å²) in [5.74, 6) is 0.0963. The van der Waals surface area contributed by atoms with Crippen molar-refractivity contribution in [3.63, 3.8) is 0 Å². The summed E-state index contributed by atoms with van der Waals surface area (Å²) in [4.78, 5) is 28.9. The predicted octanol–water partition coefficient (Wildman–Crippen LogP) is 2.96. The first-order chi connectivity index (χ1) is 10.2. The first-order valence-corrected chi connectivity index (χ1v) is 8.76. The van der Waals surface area contributed by atoms with E-state index in [1.165, 1.54) is 12.8 Å². The lowest BCUT2D eigenvalue weighted by molar-refractivity contribution is -0.144. The molecule has 0 spiro atoms. The summed E-state index contributed by atoms with van der Waals surface area (Å²) >= 11 is 0. The van der Waals surface area contributed by atoms with Gasteiger partial charge in [0.15, 0.2) is 0 Å². The molecule has 2 aliphatic heterocycles. The highest BCUT2D eigenvalue weighted by atomic mass is 16.2. The maximum atomic E-state index is 12.5. The number of rotatable bonds is 4. The summed E-state index contributed by atoms with van der Waals surface area (Å²) in [6, 6.07) is 0.699. The van der Waals surface area contributed by atoms with Gasteiger partial charge in [-0.1, -0.05) is 13.8 Å². The Balaban J connectivity index is 1.92. The summed E-state index contributed by atoms with van der Waals surface area (Å²) in [6.07, 6.45) is 8.85. The van der Waals surface area contributed by atoms with E-state index in [9.17, 15) is 9.59 Å². The zero-order chi connectivity index (χ0) is 15.2. The van der Waals surface area contributed by atoms with Crippen molar-refractivity contribution in [2.24, 2.45) is 0 Å². The Morgan fingerprint density at radius 3 is 1.62 bits per heavy atom. The SMILES string of the molecule is CC[C@@H]1CCCCN1C(=O)CC(=O)N1CCCC[C@@H]1CC. The predicted molar refractivity (Wildman–Crippen MR) is 83.9 cm³/mol. The fraction of sp³-hybridized carbons (Fsp3) is 0.882. The van der Waals surface area contributed by atoms with Crippen LogP contribution in [0.1, 0.15) is 71.6 Å². The molecule has 2 amide bonds. The van der Waals surface area contributed by atoms with Gasteiger partial charge in [0.25, 0.3) is 0 Å². The van der Waals surface area contributed by atoms with E-state index in [0.29, 0.717) is 12.1 Å². The van der Waals surface area contributed by atoms with Gasteiger partial charge in [-0.2, -0.15) is 0 Å². The summed E-state index contributed by atoms with van der Waals surface area (Å²) in [5, 5.41) is 0. The number of piperidine rings is 2. The van der Waals surface area contributed by atoms with Crippen molar-refractivity contribution in [1.82, 2.24) is 9.80 Å². The van der Waals surface area contributed by atoms with Crippen molar-refractivity contribution in [3.05, 3.63) is 0 Å². The van der Waals surface area contributed by atoms with Crippen LogP contribution in [0.25, 0.3) is 0 Å². The zero-order valence-electron chi connectivity index (χ0n) is 13.6. The second-order valence-corrected chi connectivity index (χ2v) is 6.47. The van der Waals surface area contributed by atoms with Crippen LogP contribution in [-0.4, -0.2) is 46.8 Å². The molecule has 2 aliphatic rings. The Bertz CT molecular complexity index is 336. The zero-order valence-corrected chi connectivity index (χ0v) is 13.6. The fourth-order valence-electron chi connectivity index (χ4n) is 3.84. The monoisotopic (exact) mass is 294 g/mol. The number of carbonyl (C=O) groups is 2. The van der Waals surface area contributed by atoms with Crippen molar-refractivity contribution in [1.29, 1.82) is 0 Å². The van der Waals surface area contributed by atoms with Crippen LogP contribution >= 0.6 is 0 Å². The van der Waals surface area contributed by atoms with Gasteiger partial charge in [-0.15, -0.1) is 0 Å². The lowest BCUT2D eigenvalue weighted by Crippen LogP contribution is -2.48. The van der Waals surface area contributed by atoms with Crippen LogP contribution in [0, 0.1) is 0 Å². The molecule has 0 aliphatic carbocycles. The van der Waals surface area contributed by atoms with Crippen molar-refractivity contribution >= 4 is 11.8 Å². The Kier molecular flexibility index (Phi) is 6.07. The maximum Gasteiger partial charge on any atom is 0.232 e. The quantitative estimate of drug-likeness (QED) is 0.748. The minimum Gasteiger partial charge on any atom is -0.339 e. The molecule has 0 aromatic rings. The first kappa shape index (κ1) is 16.3. The molecule has 21 heavy (non-hydrogen) atoms. The molecule has 120 valence electrons. The van der Waals surface area contributed by atoms with Crippen molar-refractivity contribution in [2.75, 3.05) is 13.1 Å². The number of nitrogens with zero attached hydrogens (tertiary/aromatic N) is 2. The molecule has 0 saturated carbocycles. The van der Waals surface area contributed by atoms with Crippen molar-refractivity contribution < 1.29 is 9.59 Å². The van der Waals surface area contributed by atoms with Gasteiger partial charge < -0.3 is 9.80 Å². The van der Waals surface area contributed by atoms with E-state index >= 15 is 0 Å². The standard InChI is InChI=1S/C17H30N2O2/c1-3-14-9-5-7-11-18(14)16(20)13-17(21)19-12-8-6-10-15(19)4-2/h14-15H,3-13H2,1-2H3/t14-,15+. The molecule has 2 fully saturated rings. The van der Waals surface area contributed by atoms with Crippen molar-refractivity contribution in [3.8, 4) is 0 Å². The molecule has 2 saturated heterocycles. The molecule has 2 heterocycles. The van der Waals surface area contributed by atoms with Gasteiger partial charge in [0.05, 0.1) is 0 Å². The molecule has 0 bridgehead atoms. The van der Waals surface area contributed by atoms with Crippen LogP contribution in [0.2, 0.25) is 0 Å². The Labute approximate surface area is 128 Å². The average molecular weight is 294 g/mol. The fourth-order valence-corrected chi connectivity index (χ4v) is 3.84. The molecule has 4 heteroatoms. The molecule has 0 aromatic carbocycles. The van der Waals surface area contributed by atoms with Gasteiger partial charge >= 0.3 is 0 Å². The smallest absolute Gasteiger partial charge is 0.232 e. The van der Waals surface area contributed by atoms with Crippen LogP contribution in [0.3, 0.4) is 0 Å². The van der Waals surface area contributed by atoms with Crippen LogP contribution in [0.15, 0.2) is 0 Å². The number of carbonyl (C=O) groups excluding carboxylic acids is 2. The number of hydrogen-bond acceptors (Lipinski definition) is 2. The topological polar surface area (TPSA) is 40.6 Å². The number of amides is 2. The lowest BCUT2D eigenvalue weighted by Gasteiger charge is -2.38. The molecule has 2 atom stereocenters. The second kappa shape index (κ2) is 7.81. The summed E-state index contributed by atoms with van der Waals surface area (Å²) in [6.45, 7) is 5.94. The molecular formula is C17H30N2O2. The van der Waals surface area contributed by atoms with Crippen LogP contribution in [0.4, 0.5) is 0 Å². The Morgan fingerprint density at radius 2 is 1.24 bits per heavy atom. The van der Waals surface area contributed by atoms with Crippen LogP contribution in [0.5, 0.6) is 0 Å². The third-order valence-corrected chi connectivity index (χ3v) is 5.14. The molecule has 0 N–H and O–H groups in total. The molecule has 0 unspecified atom stereocenters. The molecule has 0 radical (unpaired) electrons. The van der Waals surface area contributed by atoms with Gasteiger partial charge in [0.2, 0.25) is 11.8 Å². The summed E-state index contributed by atoms with van der Waals surface area (Å²) in [5.41, 5.74) is 0. The Morgan fingerprint density at radius 1 is 0.810 bits per heavy atom. The minimum atomic E-state index is 0.0481. The molecule has 0 aromatic heterocycles. The highest BCUT2D eigenvalue weighted by Gasteiger charge is 2.30. The Hall–Kier alpha value is -1.06. The maximum absolute atomic E-state index is 12.5. The van der Waals surface area contributed by atoms with E-state index < -0.39 is 0 Å². The molecule has 4 nitrogen and oxygen atoms in total. The van der Waals surface area contributed by atoms with Gasteiger partial charge in [0.1, 0.15) is 6.42 Å². The third kappa shape index (κ3) is 3.98. The first-order valence-electron chi connectivity index (χ1n) is 8.76. The molecule has 2 rings (SSSR count). The van der Waals surface area contributed by atoms with E-state index in [2.05, 4.69) is 13.8 Å². The van der Waals surface area contributed by atoms with Crippen LogP contribution < -0.4 is 0 Å². The normalized spacial score (nSPS) is 26.8. The van der Waals surface area contributed by atoms with E-state index in [1.54, 1.807) is 0 Å². The van der Waals surface area contributed by atoms with Crippen molar-refractivity contribution in [2.45, 2.75) is 83.7 Å². The van der Waals surface area contributed by atoms with E-state index in [1.807, 2.05) is 9.80 Å². The number of hydrogen-bond donors (Lipinski definition) is 0. The summed E-state index contributed by atoms with van der Waals surface area (Å²) < 4.78 is 0. The molecular weight excluding hydrogens is 264 g/mol. The second-order valence-electron chi connectivity index (χ2n) is 6.47. The van der Waals surface area contributed by atoms with Gasteiger partial charge in [0, 0.05) is 25.2 Å². The highest BCUT2D eigenvalue weighted by Crippen LogP contribution is 2.23. The highest BCUT2D eigenvalue weighted by molar-refractivity contribution is 5.97. The van der Waals surface area contributed by atoms with E-state index in [4.69, 9.17) is 0 Å².